The Bertz CT molecular complexity index is 334. The smallest absolute Gasteiger partial charge is 0.254 e. The fraction of sp³-hybridized carbons (Fsp3) is 0.462. The zero-order valence-corrected chi connectivity index (χ0v) is 9.15. The summed E-state index contributed by atoms with van der Waals surface area (Å²) in [4.78, 5) is 14.1. The molecule has 2 rings (SSSR count). The highest BCUT2D eigenvalue weighted by Gasteiger charge is 2.23. The zero-order chi connectivity index (χ0) is 10.7. The fourth-order valence-electron chi connectivity index (χ4n) is 2.15. The molecule has 0 saturated carbocycles. The van der Waals surface area contributed by atoms with Gasteiger partial charge in [0.25, 0.3) is 5.91 Å². The average molecular weight is 203 g/mol. The quantitative estimate of drug-likeness (QED) is 0.687. The van der Waals surface area contributed by atoms with Gasteiger partial charge in [-0.05, 0) is 38.3 Å². The van der Waals surface area contributed by atoms with Gasteiger partial charge in [-0.1, -0.05) is 18.2 Å². The lowest BCUT2D eigenvalue weighted by Crippen LogP contribution is -2.41. The van der Waals surface area contributed by atoms with Crippen molar-refractivity contribution >= 4 is 5.91 Å². The summed E-state index contributed by atoms with van der Waals surface area (Å²) in [6, 6.07) is 9.96. The van der Waals surface area contributed by atoms with Gasteiger partial charge < -0.3 is 4.90 Å². The Kier molecular flexibility index (Phi) is 3.05. The zero-order valence-electron chi connectivity index (χ0n) is 9.15. The molecule has 1 saturated heterocycles. The van der Waals surface area contributed by atoms with Crippen molar-refractivity contribution in [3.8, 4) is 0 Å². The number of hydrogen-bond donors (Lipinski definition) is 0. The summed E-state index contributed by atoms with van der Waals surface area (Å²) in [6.07, 6.45) is 3.53. The van der Waals surface area contributed by atoms with E-state index in [1.165, 1.54) is 6.42 Å². The highest BCUT2D eigenvalue weighted by molar-refractivity contribution is 5.94. The number of nitrogens with zero attached hydrogens (tertiary/aromatic N) is 1. The van der Waals surface area contributed by atoms with E-state index in [2.05, 4.69) is 6.92 Å². The molecule has 1 heterocycles. The maximum atomic E-state index is 12.1. The number of rotatable bonds is 1. The van der Waals surface area contributed by atoms with Crippen LogP contribution in [0, 0.1) is 0 Å². The van der Waals surface area contributed by atoms with Gasteiger partial charge in [0.15, 0.2) is 0 Å². The molecule has 1 atom stereocenters. The van der Waals surface area contributed by atoms with Gasteiger partial charge >= 0.3 is 0 Å². The highest BCUT2D eigenvalue weighted by atomic mass is 16.2. The number of carbonyl (C=O) groups excluding carboxylic acids is 1. The molecule has 1 aromatic rings. The van der Waals surface area contributed by atoms with Crippen molar-refractivity contribution < 1.29 is 4.79 Å². The molecule has 0 spiro atoms. The van der Waals surface area contributed by atoms with E-state index in [9.17, 15) is 4.79 Å². The van der Waals surface area contributed by atoms with Crippen LogP contribution in [0.3, 0.4) is 0 Å². The molecule has 80 valence electrons. The SMILES string of the molecule is C[C@H]1CCCCN1C(=O)c1ccccc1. The molecule has 0 unspecified atom stereocenters. The third kappa shape index (κ3) is 2.20. The van der Waals surface area contributed by atoms with Gasteiger partial charge in [0.1, 0.15) is 0 Å². The van der Waals surface area contributed by atoms with Crippen LogP contribution in [0.1, 0.15) is 36.5 Å². The Morgan fingerprint density at radius 2 is 2.00 bits per heavy atom. The molecule has 1 amide bonds. The normalized spacial score (nSPS) is 21.4. The van der Waals surface area contributed by atoms with Crippen molar-refractivity contribution in [2.45, 2.75) is 32.2 Å². The third-order valence-electron chi connectivity index (χ3n) is 3.08. The maximum absolute atomic E-state index is 12.1. The monoisotopic (exact) mass is 203 g/mol. The molecule has 1 fully saturated rings. The summed E-state index contributed by atoms with van der Waals surface area (Å²) in [7, 11) is 0. The first-order valence-corrected chi connectivity index (χ1v) is 5.65. The minimum absolute atomic E-state index is 0.183. The van der Waals surface area contributed by atoms with Crippen LogP contribution >= 0.6 is 0 Å². The molecule has 0 aromatic heterocycles. The Labute approximate surface area is 90.9 Å². The first kappa shape index (κ1) is 10.2. The van der Waals surface area contributed by atoms with E-state index < -0.39 is 0 Å². The molecular formula is C13H17NO. The summed E-state index contributed by atoms with van der Waals surface area (Å²) >= 11 is 0. The Hall–Kier alpha value is -1.31. The molecule has 0 bridgehead atoms. The van der Waals surface area contributed by atoms with Gasteiger partial charge in [0.2, 0.25) is 0 Å². The van der Waals surface area contributed by atoms with Crippen LogP contribution in [0.5, 0.6) is 0 Å². The minimum Gasteiger partial charge on any atom is -0.336 e. The van der Waals surface area contributed by atoms with E-state index in [0.29, 0.717) is 6.04 Å². The van der Waals surface area contributed by atoms with Crippen molar-refractivity contribution in [3.05, 3.63) is 35.9 Å². The standard InChI is InChI=1S/C13H17NO/c1-11-7-5-6-10-14(11)13(15)12-8-3-2-4-9-12/h2-4,8-9,11H,5-7,10H2,1H3/t11-/m0/s1. The van der Waals surface area contributed by atoms with Crippen molar-refractivity contribution in [2.75, 3.05) is 6.54 Å². The van der Waals surface area contributed by atoms with Crippen LogP contribution in [-0.4, -0.2) is 23.4 Å². The largest absolute Gasteiger partial charge is 0.336 e. The number of likely N-dealkylation sites (tertiary alicyclic amines) is 1. The van der Waals surface area contributed by atoms with Crippen LogP contribution < -0.4 is 0 Å². The number of hydrogen-bond acceptors (Lipinski definition) is 1. The lowest BCUT2D eigenvalue weighted by Gasteiger charge is -2.33. The highest BCUT2D eigenvalue weighted by Crippen LogP contribution is 2.18. The number of carbonyl (C=O) groups is 1. The molecule has 0 aliphatic carbocycles. The Balaban J connectivity index is 2.13. The second-order valence-electron chi connectivity index (χ2n) is 4.21. The second kappa shape index (κ2) is 4.47. The summed E-state index contributed by atoms with van der Waals surface area (Å²) < 4.78 is 0. The van der Waals surface area contributed by atoms with Gasteiger partial charge in [0.05, 0.1) is 0 Å². The van der Waals surface area contributed by atoms with Crippen LogP contribution in [-0.2, 0) is 0 Å². The minimum atomic E-state index is 0.183. The van der Waals surface area contributed by atoms with Crippen LogP contribution in [0.4, 0.5) is 0 Å². The van der Waals surface area contributed by atoms with Gasteiger partial charge in [-0.2, -0.15) is 0 Å². The molecular weight excluding hydrogens is 186 g/mol. The number of benzene rings is 1. The van der Waals surface area contributed by atoms with E-state index in [-0.39, 0.29) is 5.91 Å². The van der Waals surface area contributed by atoms with Crippen LogP contribution in [0.2, 0.25) is 0 Å². The van der Waals surface area contributed by atoms with Gasteiger partial charge in [0, 0.05) is 18.2 Å². The second-order valence-corrected chi connectivity index (χ2v) is 4.21. The topological polar surface area (TPSA) is 20.3 Å². The summed E-state index contributed by atoms with van der Waals surface area (Å²) in [5, 5.41) is 0. The molecule has 1 aromatic carbocycles. The Morgan fingerprint density at radius 1 is 1.27 bits per heavy atom. The van der Waals surface area contributed by atoms with Gasteiger partial charge in [-0.15, -0.1) is 0 Å². The van der Waals surface area contributed by atoms with Crippen molar-refractivity contribution in [2.24, 2.45) is 0 Å². The molecule has 1 aliphatic rings. The number of piperidine rings is 1. The van der Waals surface area contributed by atoms with Gasteiger partial charge in [-0.25, -0.2) is 0 Å². The van der Waals surface area contributed by atoms with Crippen molar-refractivity contribution in [1.29, 1.82) is 0 Å². The molecule has 1 aliphatic heterocycles. The summed E-state index contributed by atoms with van der Waals surface area (Å²) in [6.45, 7) is 3.05. The lowest BCUT2D eigenvalue weighted by molar-refractivity contribution is 0.0635. The number of amides is 1. The van der Waals surface area contributed by atoms with E-state index in [1.54, 1.807) is 0 Å². The van der Waals surface area contributed by atoms with Crippen molar-refractivity contribution in [1.82, 2.24) is 4.90 Å². The van der Waals surface area contributed by atoms with E-state index in [0.717, 1.165) is 24.9 Å². The van der Waals surface area contributed by atoms with E-state index >= 15 is 0 Å². The molecule has 0 radical (unpaired) electrons. The molecule has 15 heavy (non-hydrogen) atoms. The Morgan fingerprint density at radius 3 is 2.67 bits per heavy atom. The van der Waals surface area contributed by atoms with E-state index in [4.69, 9.17) is 0 Å². The summed E-state index contributed by atoms with van der Waals surface area (Å²) in [5.41, 5.74) is 0.811. The van der Waals surface area contributed by atoms with Crippen LogP contribution in [0.25, 0.3) is 0 Å². The van der Waals surface area contributed by atoms with Gasteiger partial charge in [-0.3, -0.25) is 4.79 Å². The van der Waals surface area contributed by atoms with Crippen molar-refractivity contribution in [3.63, 3.8) is 0 Å². The lowest BCUT2D eigenvalue weighted by atomic mass is 10.0. The molecule has 0 N–H and O–H groups in total. The molecule has 2 nitrogen and oxygen atoms in total. The predicted molar refractivity (Wildman–Crippen MR) is 60.8 cm³/mol. The first-order chi connectivity index (χ1) is 7.29. The maximum Gasteiger partial charge on any atom is 0.254 e. The first-order valence-electron chi connectivity index (χ1n) is 5.65. The van der Waals surface area contributed by atoms with E-state index in [1.807, 2.05) is 35.2 Å². The third-order valence-corrected chi connectivity index (χ3v) is 3.08. The van der Waals surface area contributed by atoms with Crippen LogP contribution in [0.15, 0.2) is 30.3 Å². The summed E-state index contributed by atoms with van der Waals surface area (Å²) in [5.74, 6) is 0.183. The fourth-order valence-corrected chi connectivity index (χ4v) is 2.15. The average Bonchev–Trinajstić information content (AvgIpc) is 2.30. The molecule has 2 heteroatoms. The predicted octanol–water partition coefficient (Wildman–Crippen LogP) is 2.70.